The van der Waals surface area contributed by atoms with Gasteiger partial charge in [0, 0.05) is 40.8 Å². The number of carboxylic acids is 4. The highest BCUT2D eigenvalue weighted by Gasteiger charge is 1.99. The number of benzene rings is 1. The Bertz CT molecular complexity index is 586. The maximum atomic E-state index is 9.00. The molecule has 0 saturated heterocycles. The van der Waals surface area contributed by atoms with Gasteiger partial charge in [-0.3, -0.25) is 24.2 Å². The molecule has 0 aliphatic heterocycles. The van der Waals surface area contributed by atoms with Crippen molar-refractivity contribution in [3.63, 3.8) is 0 Å². The van der Waals surface area contributed by atoms with E-state index in [1.54, 1.807) is 0 Å². The number of nitrogens with two attached hydrogens (primary N) is 1. The van der Waals surface area contributed by atoms with Crippen molar-refractivity contribution in [2.75, 3.05) is 13.1 Å². The zero-order valence-corrected chi connectivity index (χ0v) is 18.1. The summed E-state index contributed by atoms with van der Waals surface area (Å²) in [7, 11) is 0. The first-order valence-electron chi connectivity index (χ1n) is 8.14. The number of hydrogen-bond acceptors (Lipinski definition) is 8. The average molecular weight is 448 g/mol. The number of thiocarbonyl (C=S) groups is 1. The molecule has 0 amide bonds. The summed E-state index contributed by atoms with van der Waals surface area (Å²) in [4.78, 5) is 36.0. The number of aliphatic carboxylic acids is 4. The average Bonchev–Trinajstić information content (AvgIpc) is 2.54. The van der Waals surface area contributed by atoms with Crippen LogP contribution in [0.2, 0.25) is 0 Å². The molecule has 0 saturated carbocycles. The fourth-order valence-electron chi connectivity index (χ4n) is 1.17. The van der Waals surface area contributed by atoms with Gasteiger partial charge in [0.25, 0.3) is 23.9 Å². The molecule has 0 aliphatic rings. The molecule has 11 nitrogen and oxygen atoms in total. The van der Waals surface area contributed by atoms with Crippen LogP contribution in [0.5, 0.6) is 0 Å². The van der Waals surface area contributed by atoms with Gasteiger partial charge < -0.3 is 26.2 Å². The predicted octanol–water partition coefficient (Wildman–Crippen LogP) is 1.83. The maximum absolute atomic E-state index is 9.00. The Morgan fingerprint density at radius 1 is 0.900 bits per heavy atom. The number of isothiocyanates is 1. The molecule has 0 radical (unpaired) electrons. The second kappa shape index (κ2) is 25.7. The van der Waals surface area contributed by atoms with Crippen LogP contribution in [0.25, 0.3) is 0 Å². The normalized spacial score (nSPS) is 7.63. The second-order valence-corrected chi connectivity index (χ2v) is 5.11. The Kier molecular flexibility index (Phi) is 29.2. The van der Waals surface area contributed by atoms with Crippen molar-refractivity contribution in [3.8, 4) is 0 Å². The lowest BCUT2D eigenvalue weighted by molar-refractivity contribution is -0.135. The van der Waals surface area contributed by atoms with Crippen molar-refractivity contribution in [3.05, 3.63) is 35.9 Å². The van der Waals surface area contributed by atoms with Crippen molar-refractivity contribution >= 4 is 41.3 Å². The topological polar surface area (TPSA) is 191 Å². The zero-order valence-electron chi connectivity index (χ0n) is 17.3. The van der Waals surface area contributed by atoms with E-state index in [0.717, 1.165) is 34.2 Å². The zero-order chi connectivity index (χ0) is 24.5. The van der Waals surface area contributed by atoms with Crippen molar-refractivity contribution in [2.45, 2.75) is 34.2 Å². The van der Waals surface area contributed by atoms with E-state index in [1.807, 2.05) is 35.3 Å². The van der Waals surface area contributed by atoms with E-state index in [0.29, 0.717) is 13.1 Å². The molecular weight excluding hydrogens is 418 g/mol. The molecule has 0 aromatic heterocycles. The van der Waals surface area contributed by atoms with E-state index in [9.17, 15) is 0 Å². The van der Waals surface area contributed by atoms with Crippen LogP contribution in [0.15, 0.2) is 35.4 Å². The van der Waals surface area contributed by atoms with Gasteiger partial charge in [-0.2, -0.15) is 0 Å². The van der Waals surface area contributed by atoms with Crippen molar-refractivity contribution in [1.82, 2.24) is 5.01 Å². The first-order valence-corrected chi connectivity index (χ1v) is 8.55. The van der Waals surface area contributed by atoms with Gasteiger partial charge in [-0.05, 0) is 17.8 Å². The van der Waals surface area contributed by atoms with Crippen LogP contribution in [0.3, 0.4) is 0 Å². The minimum Gasteiger partial charge on any atom is -0.481 e. The molecule has 1 rings (SSSR count). The monoisotopic (exact) mass is 447 g/mol. The largest absolute Gasteiger partial charge is 0.481 e. The number of carbonyl (C=O) groups is 4. The van der Waals surface area contributed by atoms with Gasteiger partial charge in [0.1, 0.15) is 0 Å². The van der Waals surface area contributed by atoms with Crippen LogP contribution < -0.4 is 5.73 Å². The van der Waals surface area contributed by atoms with E-state index in [-0.39, 0.29) is 0 Å². The maximum Gasteiger partial charge on any atom is 0.300 e. The Morgan fingerprint density at radius 2 is 1.23 bits per heavy atom. The number of nitrogens with zero attached hydrogens (tertiary/aromatic N) is 2. The summed E-state index contributed by atoms with van der Waals surface area (Å²) >= 11 is 4.56. The third kappa shape index (κ3) is 64.2. The lowest BCUT2D eigenvalue weighted by Gasteiger charge is -2.16. The fraction of sp³-hybridized carbons (Fsp3) is 0.389. The quantitative estimate of drug-likeness (QED) is 0.251. The second-order valence-electron chi connectivity index (χ2n) is 4.93. The van der Waals surface area contributed by atoms with Gasteiger partial charge in [-0.25, -0.2) is 0 Å². The highest BCUT2D eigenvalue weighted by molar-refractivity contribution is 7.78. The number of hydrazone groups is 1. The summed E-state index contributed by atoms with van der Waals surface area (Å²) in [5, 5.41) is 37.8. The molecule has 0 heterocycles. The van der Waals surface area contributed by atoms with Gasteiger partial charge in [0.15, 0.2) is 0 Å². The van der Waals surface area contributed by atoms with E-state index in [1.165, 1.54) is 5.56 Å². The van der Waals surface area contributed by atoms with Gasteiger partial charge in [-0.15, -0.1) is 5.10 Å². The van der Waals surface area contributed by atoms with Crippen LogP contribution in [-0.2, 0) is 25.7 Å². The van der Waals surface area contributed by atoms with Crippen LogP contribution >= 0.6 is 12.2 Å². The smallest absolute Gasteiger partial charge is 0.300 e. The van der Waals surface area contributed by atoms with E-state index in [4.69, 9.17) is 45.3 Å². The molecule has 0 atom stereocenters. The first kappa shape index (κ1) is 34.2. The molecule has 1 aromatic rings. The van der Waals surface area contributed by atoms with Gasteiger partial charge in [0.05, 0.1) is 11.7 Å². The standard InChI is InChI=1S/C10H13N3S.4C2H4O2/c11-6-7-13(12-9-14)8-10-4-2-1-3-5-10;4*1-2(3)4/h1-5H,6-8,11H2;4*1H3,(H,3,4). The van der Waals surface area contributed by atoms with Gasteiger partial charge in [-0.1, -0.05) is 30.3 Å². The molecule has 0 aliphatic carbocycles. The fourth-order valence-corrected chi connectivity index (χ4v) is 1.28. The van der Waals surface area contributed by atoms with Crippen LogP contribution in [0.4, 0.5) is 0 Å². The van der Waals surface area contributed by atoms with Crippen LogP contribution in [0, 0.1) is 0 Å². The first-order chi connectivity index (χ1) is 13.8. The number of carboxylic acid groups (broad SMARTS) is 4. The highest BCUT2D eigenvalue weighted by Crippen LogP contribution is 2.03. The molecule has 6 N–H and O–H groups in total. The summed E-state index contributed by atoms with van der Waals surface area (Å²) in [6.45, 7) is 6.31. The van der Waals surface area contributed by atoms with E-state index in [2.05, 4.69) is 22.5 Å². The third-order valence-electron chi connectivity index (χ3n) is 1.78. The van der Waals surface area contributed by atoms with E-state index >= 15 is 0 Å². The van der Waals surface area contributed by atoms with E-state index < -0.39 is 23.9 Å². The van der Waals surface area contributed by atoms with Gasteiger partial charge >= 0.3 is 0 Å². The molecule has 0 unspecified atom stereocenters. The molecular formula is C18H29N3O8S. The molecule has 170 valence electrons. The van der Waals surface area contributed by atoms with Crippen molar-refractivity contribution < 1.29 is 39.6 Å². The van der Waals surface area contributed by atoms with Gasteiger partial charge in [0.2, 0.25) is 0 Å². The molecule has 30 heavy (non-hydrogen) atoms. The minimum absolute atomic E-state index is 0.563. The summed E-state index contributed by atoms with van der Waals surface area (Å²) < 4.78 is 0. The SMILES string of the molecule is CC(=O)O.CC(=O)O.CC(=O)O.CC(=O)O.NCCN(Cc1ccccc1)N=C=S. The Balaban J connectivity index is -0.000000174. The summed E-state index contributed by atoms with van der Waals surface area (Å²) in [6, 6.07) is 10.1. The van der Waals surface area contributed by atoms with Crippen molar-refractivity contribution in [2.24, 2.45) is 10.8 Å². The molecule has 0 bridgehead atoms. The Labute approximate surface area is 180 Å². The lowest BCUT2D eigenvalue weighted by Crippen LogP contribution is -2.24. The highest BCUT2D eigenvalue weighted by atomic mass is 32.1. The van der Waals surface area contributed by atoms with Crippen LogP contribution in [0.1, 0.15) is 33.3 Å². The lowest BCUT2D eigenvalue weighted by atomic mass is 10.2. The molecule has 1 aromatic carbocycles. The third-order valence-corrected chi connectivity index (χ3v) is 1.86. The Morgan fingerprint density at radius 3 is 1.50 bits per heavy atom. The number of hydrogen-bond donors (Lipinski definition) is 5. The number of rotatable bonds is 5. The van der Waals surface area contributed by atoms with Crippen molar-refractivity contribution in [1.29, 1.82) is 0 Å². The minimum atomic E-state index is -0.833. The molecule has 0 spiro atoms. The Hall–Kier alpha value is -3.34. The van der Waals surface area contributed by atoms with Crippen LogP contribution in [-0.4, -0.2) is 67.6 Å². The molecule has 0 fully saturated rings. The summed E-state index contributed by atoms with van der Waals surface area (Å²) in [5.41, 5.74) is 6.64. The predicted molar refractivity (Wildman–Crippen MR) is 114 cm³/mol. The summed E-state index contributed by atoms with van der Waals surface area (Å²) in [5.74, 6) is -3.33. The summed E-state index contributed by atoms with van der Waals surface area (Å²) in [6.07, 6.45) is 0. The molecule has 12 heteroatoms.